The van der Waals surface area contributed by atoms with Crippen LogP contribution in [0.3, 0.4) is 0 Å². The lowest BCUT2D eigenvalue weighted by Crippen LogP contribution is -3.00. The Morgan fingerprint density at radius 1 is 1.16 bits per heavy atom. The maximum atomic E-state index is 9.64. The van der Waals surface area contributed by atoms with Crippen LogP contribution < -0.4 is 26.9 Å². The molecule has 3 nitrogen and oxygen atoms in total. The largest absolute Gasteiger partial charge is 1.00 e. The first-order valence-electron chi connectivity index (χ1n) is 6.30. The fourth-order valence-electron chi connectivity index (χ4n) is 1.95. The summed E-state index contributed by atoms with van der Waals surface area (Å²) in [5.41, 5.74) is 2.15. The lowest BCUT2D eigenvalue weighted by atomic mass is 10.1. The predicted octanol–water partition coefficient (Wildman–Crippen LogP) is -1.04. The lowest BCUT2D eigenvalue weighted by molar-refractivity contribution is -0.684. The first-order valence-corrected chi connectivity index (χ1v) is 6.30. The van der Waals surface area contributed by atoms with Gasteiger partial charge in [0.25, 0.3) is 0 Å². The molecule has 0 fully saturated rings. The molecule has 0 bridgehead atoms. The van der Waals surface area contributed by atoms with E-state index in [1.54, 1.807) is 12.1 Å². The van der Waals surface area contributed by atoms with Crippen LogP contribution in [-0.2, 0) is 6.54 Å². The number of nitrogens with zero attached hydrogens (tertiary/aromatic N) is 1. The van der Waals surface area contributed by atoms with E-state index < -0.39 is 0 Å². The summed E-state index contributed by atoms with van der Waals surface area (Å²) in [5, 5.41) is 12.9. The molecule has 102 valence electrons. The van der Waals surface area contributed by atoms with Crippen LogP contribution in [0.4, 0.5) is 0 Å². The maximum absolute atomic E-state index is 9.64. The van der Waals surface area contributed by atoms with Gasteiger partial charge in [-0.05, 0) is 18.7 Å². The third-order valence-electron chi connectivity index (χ3n) is 2.87. The number of nitrogens with one attached hydrogen (secondary N) is 1. The molecular weight excluding hydrogens is 304 g/mol. The zero-order valence-corrected chi connectivity index (χ0v) is 12.6. The summed E-state index contributed by atoms with van der Waals surface area (Å²) in [6.07, 6.45) is 1.93. The molecule has 0 saturated heterocycles. The van der Waals surface area contributed by atoms with Crippen LogP contribution >= 0.6 is 0 Å². The molecule has 0 atom stereocenters. The standard InChI is InChI=1S/C15H18N2O.BrH/c1-2-16-9-11-17-10-8-14(18)12-15(17)13-6-4-3-5-7-13;/h3-8,10,12,16H,2,9,11H2,1H3;1H. The molecular formula is C15H19BrN2O. The molecule has 0 aliphatic heterocycles. The number of halogens is 1. The lowest BCUT2D eigenvalue weighted by Gasteiger charge is -2.05. The first-order chi connectivity index (χ1) is 8.81. The van der Waals surface area contributed by atoms with Crippen LogP contribution in [0.15, 0.2) is 48.7 Å². The number of likely N-dealkylation sites (N-methyl/N-ethyl adjacent to an activating group) is 1. The molecule has 0 radical (unpaired) electrons. The number of hydrogen-bond donors (Lipinski definition) is 2. The summed E-state index contributed by atoms with van der Waals surface area (Å²) >= 11 is 0. The molecule has 19 heavy (non-hydrogen) atoms. The molecule has 1 aromatic heterocycles. The van der Waals surface area contributed by atoms with E-state index in [-0.39, 0.29) is 17.0 Å². The minimum Gasteiger partial charge on any atom is -1.00 e. The summed E-state index contributed by atoms with van der Waals surface area (Å²) in [4.78, 5) is 0. The van der Waals surface area contributed by atoms with E-state index in [0.29, 0.717) is 5.75 Å². The molecule has 1 heterocycles. The van der Waals surface area contributed by atoms with Gasteiger partial charge in [-0.15, -0.1) is 0 Å². The van der Waals surface area contributed by atoms with Crippen LogP contribution in [0.5, 0.6) is 5.75 Å². The summed E-state index contributed by atoms with van der Waals surface area (Å²) in [7, 11) is 0. The Morgan fingerprint density at radius 3 is 2.58 bits per heavy atom. The van der Waals surface area contributed by atoms with Gasteiger partial charge < -0.3 is 27.4 Å². The third kappa shape index (κ3) is 4.33. The fourth-order valence-corrected chi connectivity index (χ4v) is 1.95. The van der Waals surface area contributed by atoms with E-state index in [1.165, 1.54) is 0 Å². The molecule has 0 unspecified atom stereocenters. The van der Waals surface area contributed by atoms with Crippen molar-refractivity contribution < 1.29 is 26.7 Å². The van der Waals surface area contributed by atoms with Crippen molar-refractivity contribution in [3.05, 3.63) is 48.7 Å². The van der Waals surface area contributed by atoms with E-state index in [0.717, 1.165) is 30.9 Å². The molecule has 4 heteroatoms. The zero-order chi connectivity index (χ0) is 12.8. The summed E-state index contributed by atoms with van der Waals surface area (Å²) in [6, 6.07) is 13.6. The Bertz CT molecular complexity index is 503. The van der Waals surface area contributed by atoms with Gasteiger partial charge >= 0.3 is 0 Å². The van der Waals surface area contributed by atoms with Gasteiger partial charge in [-0.25, -0.2) is 0 Å². The van der Waals surface area contributed by atoms with Crippen LogP contribution in [0.2, 0.25) is 0 Å². The second kappa shape index (κ2) is 7.92. The highest BCUT2D eigenvalue weighted by molar-refractivity contribution is 5.57. The monoisotopic (exact) mass is 322 g/mol. The summed E-state index contributed by atoms with van der Waals surface area (Å²) in [6.45, 7) is 4.88. The second-order valence-electron chi connectivity index (χ2n) is 4.18. The van der Waals surface area contributed by atoms with Crippen LogP contribution in [-0.4, -0.2) is 18.2 Å². The van der Waals surface area contributed by atoms with Gasteiger partial charge in [-0.3, -0.25) is 0 Å². The highest BCUT2D eigenvalue weighted by Gasteiger charge is 2.13. The molecule has 2 N–H and O–H groups in total. The number of pyridine rings is 1. The molecule has 0 spiro atoms. The van der Waals surface area contributed by atoms with Crippen LogP contribution in [0.25, 0.3) is 11.3 Å². The number of benzene rings is 1. The smallest absolute Gasteiger partial charge is 0.216 e. The van der Waals surface area contributed by atoms with Crippen LogP contribution in [0.1, 0.15) is 6.92 Å². The average Bonchev–Trinajstić information content (AvgIpc) is 2.41. The van der Waals surface area contributed by atoms with Gasteiger partial charge in [0, 0.05) is 11.6 Å². The van der Waals surface area contributed by atoms with Gasteiger partial charge in [0.2, 0.25) is 5.69 Å². The van der Waals surface area contributed by atoms with E-state index in [4.69, 9.17) is 0 Å². The van der Waals surface area contributed by atoms with Crippen molar-refractivity contribution in [2.24, 2.45) is 0 Å². The minimum absolute atomic E-state index is 0. The quantitative estimate of drug-likeness (QED) is 0.545. The zero-order valence-electron chi connectivity index (χ0n) is 11.0. The van der Waals surface area contributed by atoms with Gasteiger partial charge in [-0.1, -0.05) is 25.1 Å². The molecule has 1 aromatic carbocycles. The van der Waals surface area contributed by atoms with Crippen molar-refractivity contribution in [2.45, 2.75) is 13.5 Å². The van der Waals surface area contributed by atoms with Gasteiger partial charge in [0.1, 0.15) is 5.75 Å². The van der Waals surface area contributed by atoms with Crippen molar-refractivity contribution in [3.8, 4) is 17.0 Å². The van der Waals surface area contributed by atoms with Gasteiger partial charge in [0.05, 0.1) is 12.6 Å². The maximum Gasteiger partial charge on any atom is 0.216 e. The van der Waals surface area contributed by atoms with E-state index in [1.807, 2.05) is 24.4 Å². The van der Waals surface area contributed by atoms with Crippen LogP contribution in [0, 0.1) is 0 Å². The van der Waals surface area contributed by atoms with Gasteiger partial charge in [-0.2, -0.15) is 4.57 Å². The summed E-state index contributed by atoms with van der Waals surface area (Å²) in [5.74, 6) is 0.300. The number of hydrogen-bond acceptors (Lipinski definition) is 2. The summed E-state index contributed by atoms with van der Waals surface area (Å²) < 4.78 is 2.15. The van der Waals surface area contributed by atoms with E-state index in [9.17, 15) is 5.11 Å². The van der Waals surface area contributed by atoms with Gasteiger partial charge in [0.15, 0.2) is 12.7 Å². The Morgan fingerprint density at radius 2 is 1.89 bits per heavy atom. The molecule has 2 aromatic rings. The number of aromatic hydroxyl groups is 1. The molecule has 0 aliphatic rings. The molecule has 2 rings (SSSR count). The van der Waals surface area contributed by atoms with Crippen molar-refractivity contribution in [1.82, 2.24) is 5.32 Å². The molecule has 0 amide bonds. The highest BCUT2D eigenvalue weighted by Crippen LogP contribution is 2.18. The van der Waals surface area contributed by atoms with Crippen molar-refractivity contribution in [3.63, 3.8) is 0 Å². The average molecular weight is 323 g/mol. The minimum atomic E-state index is 0. The third-order valence-corrected chi connectivity index (χ3v) is 2.87. The molecule has 0 aliphatic carbocycles. The predicted molar refractivity (Wildman–Crippen MR) is 72.3 cm³/mol. The topological polar surface area (TPSA) is 36.1 Å². The van der Waals surface area contributed by atoms with Crippen molar-refractivity contribution >= 4 is 0 Å². The van der Waals surface area contributed by atoms with Crippen molar-refractivity contribution in [1.29, 1.82) is 0 Å². The van der Waals surface area contributed by atoms with Crippen molar-refractivity contribution in [2.75, 3.05) is 13.1 Å². The SMILES string of the molecule is CCNCC[n+]1ccc(O)cc1-c1ccccc1.[Br-]. The number of aromatic nitrogens is 1. The normalized spacial score (nSPS) is 9.95. The first kappa shape index (κ1) is 15.7. The van der Waals surface area contributed by atoms with E-state index >= 15 is 0 Å². The Labute approximate surface area is 124 Å². The highest BCUT2D eigenvalue weighted by atomic mass is 79.9. The van der Waals surface area contributed by atoms with E-state index in [2.05, 4.69) is 28.9 Å². The Kier molecular flexibility index (Phi) is 6.53. The Hall–Kier alpha value is -1.39. The number of rotatable bonds is 5. The Balaban J connectivity index is 0.00000180. The second-order valence-corrected chi connectivity index (χ2v) is 4.18. The molecule has 0 saturated carbocycles. The fraction of sp³-hybridized carbons (Fsp3) is 0.267.